The van der Waals surface area contributed by atoms with Crippen LogP contribution in [0.15, 0.2) is 58.1 Å². The molecule has 0 atom stereocenters. The van der Waals surface area contributed by atoms with Crippen molar-refractivity contribution < 1.29 is 0 Å². The molecule has 0 amide bonds. The molecule has 10 nitrogen and oxygen atoms in total. The summed E-state index contributed by atoms with van der Waals surface area (Å²) < 4.78 is 3.30. The molecular formula is C26H26N8O2. The average Bonchev–Trinajstić information content (AvgIpc) is 3.42. The van der Waals surface area contributed by atoms with E-state index in [0.29, 0.717) is 36.0 Å². The maximum Gasteiger partial charge on any atom is 0.330 e. The first-order chi connectivity index (χ1) is 17.6. The molecule has 1 saturated carbocycles. The molecule has 182 valence electrons. The number of nitrogens with one attached hydrogen (secondary N) is 2. The largest absolute Gasteiger partial charge is 0.330 e. The van der Waals surface area contributed by atoms with E-state index in [1.54, 1.807) is 0 Å². The average molecular weight is 483 g/mol. The van der Waals surface area contributed by atoms with Crippen LogP contribution in [0.5, 0.6) is 0 Å². The van der Waals surface area contributed by atoms with Crippen LogP contribution in [0.4, 0.5) is 0 Å². The van der Waals surface area contributed by atoms with E-state index in [-0.39, 0.29) is 11.2 Å². The van der Waals surface area contributed by atoms with Crippen molar-refractivity contribution in [1.29, 1.82) is 0 Å². The van der Waals surface area contributed by atoms with E-state index in [4.69, 9.17) is 0 Å². The Morgan fingerprint density at radius 3 is 2.47 bits per heavy atom. The molecule has 0 unspecified atom stereocenters. The zero-order valence-corrected chi connectivity index (χ0v) is 19.9. The van der Waals surface area contributed by atoms with Crippen LogP contribution in [0.2, 0.25) is 0 Å². The summed E-state index contributed by atoms with van der Waals surface area (Å²) in [5.41, 5.74) is 4.15. The van der Waals surface area contributed by atoms with Crippen LogP contribution in [0.3, 0.4) is 0 Å². The van der Waals surface area contributed by atoms with Crippen LogP contribution >= 0.6 is 0 Å². The number of aromatic nitrogens is 8. The molecule has 36 heavy (non-hydrogen) atoms. The standard InChI is InChI=1S/C26H26N8O2/c1-2-5-21-27-24-22(25(35)34(26(36)28-24)15-16-8-9-16)33(21)14-17-10-12-18(13-11-17)19-6-3-4-7-20(19)23-29-31-32-30-23/h3-4,6-7,10-13,16H,2,5,8-9,14-15H2,1H3,(H,28,36)(H,29,30,31,32). The zero-order valence-electron chi connectivity index (χ0n) is 19.9. The molecule has 2 N–H and O–H groups in total. The van der Waals surface area contributed by atoms with Gasteiger partial charge >= 0.3 is 5.69 Å². The summed E-state index contributed by atoms with van der Waals surface area (Å²) in [6.45, 7) is 3.03. The molecule has 1 fully saturated rings. The highest BCUT2D eigenvalue weighted by Gasteiger charge is 2.25. The van der Waals surface area contributed by atoms with E-state index >= 15 is 0 Å². The minimum absolute atomic E-state index is 0.263. The fraction of sp³-hybridized carbons (Fsp3) is 0.308. The van der Waals surface area contributed by atoms with Crippen molar-refractivity contribution in [2.24, 2.45) is 5.92 Å². The molecule has 0 aliphatic heterocycles. The molecule has 0 spiro atoms. The highest BCUT2D eigenvalue weighted by Crippen LogP contribution is 2.31. The minimum Gasteiger partial charge on any atom is -0.318 e. The number of hydrogen-bond acceptors (Lipinski definition) is 6. The predicted octanol–water partition coefficient (Wildman–Crippen LogP) is 3.14. The van der Waals surface area contributed by atoms with E-state index in [1.807, 2.05) is 28.8 Å². The molecule has 0 radical (unpaired) electrons. The Morgan fingerprint density at radius 2 is 1.78 bits per heavy atom. The summed E-state index contributed by atoms with van der Waals surface area (Å²) in [6.07, 6.45) is 3.73. The van der Waals surface area contributed by atoms with Crippen LogP contribution < -0.4 is 11.2 Å². The molecule has 1 aliphatic rings. The lowest BCUT2D eigenvalue weighted by atomic mass is 9.98. The fourth-order valence-corrected chi connectivity index (χ4v) is 4.68. The number of imidazole rings is 1. The van der Waals surface area contributed by atoms with E-state index in [2.05, 4.69) is 61.8 Å². The van der Waals surface area contributed by atoms with Gasteiger partial charge in [-0.15, -0.1) is 10.2 Å². The number of tetrazole rings is 1. The van der Waals surface area contributed by atoms with Gasteiger partial charge in [0.15, 0.2) is 11.2 Å². The summed E-state index contributed by atoms with van der Waals surface area (Å²) in [6, 6.07) is 16.1. The summed E-state index contributed by atoms with van der Waals surface area (Å²) in [5, 5.41) is 14.4. The highest BCUT2D eigenvalue weighted by molar-refractivity contribution is 5.80. The van der Waals surface area contributed by atoms with Gasteiger partial charge in [0.2, 0.25) is 5.82 Å². The van der Waals surface area contributed by atoms with Crippen LogP contribution in [-0.4, -0.2) is 39.7 Å². The number of nitrogens with zero attached hydrogens (tertiary/aromatic N) is 6. The first-order valence-corrected chi connectivity index (χ1v) is 12.3. The van der Waals surface area contributed by atoms with Gasteiger partial charge in [-0.1, -0.05) is 55.5 Å². The summed E-state index contributed by atoms with van der Waals surface area (Å²) >= 11 is 0. The van der Waals surface area contributed by atoms with Crippen molar-refractivity contribution in [2.75, 3.05) is 0 Å². The minimum atomic E-state index is -0.378. The van der Waals surface area contributed by atoms with E-state index in [1.165, 1.54) is 4.57 Å². The molecule has 2 aromatic carbocycles. The number of benzene rings is 2. The van der Waals surface area contributed by atoms with Gasteiger partial charge in [-0.3, -0.25) is 14.3 Å². The third-order valence-electron chi connectivity index (χ3n) is 6.70. The zero-order chi connectivity index (χ0) is 24.6. The van der Waals surface area contributed by atoms with Crippen molar-refractivity contribution in [3.8, 4) is 22.5 Å². The smallest absolute Gasteiger partial charge is 0.318 e. The SMILES string of the molecule is CCCc1nc2[nH]c(=O)n(CC3CC3)c(=O)c2n1Cc1ccc(-c2ccccc2-c2nn[nH]n2)cc1. The molecule has 1 aliphatic carbocycles. The van der Waals surface area contributed by atoms with Gasteiger partial charge in [0.05, 0.1) is 0 Å². The maximum atomic E-state index is 13.4. The van der Waals surface area contributed by atoms with Crippen molar-refractivity contribution in [2.45, 2.75) is 45.7 Å². The van der Waals surface area contributed by atoms with Gasteiger partial charge in [-0.25, -0.2) is 9.78 Å². The molecule has 3 aromatic heterocycles. The Bertz CT molecular complexity index is 1640. The number of fused-ring (bicyclic) bond motifs is 1. The van der Waals surface area contributed by atoms with Gasteiger partial charge in [0.1, 0.15) is 5.82 Å². The third kappa shape index (κ3) is 4.04. The number of rotatable bonds is 8. The lowest BCUT2D eigenvalue weighted by molar-refractivity contribution is 0.578. The van der Waals surface area contributed by atoms with Gasteiger partial charge < -0.3 is 4.57 Å². The predicted molar refractivity (Wildman–Crippen MR) is 135 cm³/mol. The fourth-order valence-electron chi connectivity index (χ4n) is 4.68. The molecular weight excluding hydrogens is 456 g/mol. The number of H-pyrrole nitrogens is 2. The van der Waals surface area contributed by atoms with Crippen LogP contribution in [-0.2, 0) is 19.5 Å². The van der Waals surface area contributed by atoms with Crippen molar-refractivity contribution >= 4 is 11.2 Å². The second kappa shape index (κ2) is 9.03. The molecule has 0 saturated heterocycles. The molecule has 3 heterocycles. The number of aromatic amines is 2. The normalized spacial score (nSPS) is 13.5. The summed E-state index contributed by atoms with van der Waals surface area (Å²) in [4.78, 5) is 33.5. The maximum absolute atomic E-state index is 13.4. The summed E-state index contributed by atoms with van der Waals surface area (Å²) in [5.74, 6) is 1.76. The van der Waals surface area contributed by atoms with Gasteiger partial charge in [-0.2, -0.15) is 5.21 Å². The molecule has 0 bridgehead atoms. The van der Waals surface area contributed by atoms with E-state index in [9.17, 15) is 9.59 Å². The number of aryl methyl sites for hydroxylation is 1. The van der Waals surface area contributed by atoms with E-state index in [0.717, 1.165) is 53.8 Å². The van der Waals surface area contributed by atoms with Crippen molar-refractivity contribution in [3.63, 3.8) is 0 Å². The van der Waals surface area contributed by atoms with Crippen LogP contribution in [0.25, 0.3) is 33.7 Å². The third-order valence-corrected chi connectivity index (χ3v) is 6.70. The van der Waals surface area contributed by atoms with Crippen molar-refractivity contribution in [1.82, 2.24) is 39.7 Å². The Labute approximate surface area is 206 Å². The Kier molecular flexibility index (Phi) is 5.55. The van der Waals surface area contributed by atoms with Crippen molar-refractivity contribution in [3.05, 3.63) is 80.8 Å². The Morgan fingerprint density at radius 1 is 1.00 bits per heavy atom. The van der Waals surface area contributed by atoms with Gasteiger partial charge in [-0.05, 0) is 47.1 Å². The first-order valence-electron chi connectivity index (χ1n) is 12.3. The van der Waals surface area contributed by atoms with Crippen LogP contribution in [0.1, 0.15) is 37.6 Å². The van der Waals surface area contributed by atoms with Gasteiger partial charge in [0, 0.05) is 25.1 Å². The second-order valence-corrected chi connectivity index (χ2v) is 9.33. The lowest BCUT2D eigenvalue weighted by Crippen LogP contribution is -2.36. The quantitative estimate of drug-likeness (QED) is 0.350. The summed E-state index contributed by atoms with van der Waals surface area (Å²) in [7, 11) is 0. The Hall–Kier alpha value is -4.34. The first kappa shape index (κ1) is 22.1. The second-order valence-electron chi connectivity index (χ2n) is 9.33. The molecule has 6 rings (SSSR count). The lowest BCUT2D eigenvalue weighted by Gasteiger charge is -2.11. The highest BCUT2D eigenvalue weighted by atomic mass is 16.2. The molecule has 5 aromatic rings. The monoisotopic (exact) mass is 482 g/mol. The number of hydrogen-bond donors (Lipinski definition) is 2. The topological polar surface area (TPSA) is 127 Å². The van der Waals surface area contributed by atoms with E-state index < -0.39 is 0 Å². The van der Waals surface area contributed by atoms with Gasteiger partial charge in [0.25, 0.3) is 5.56 Å². The Balaban J connectivity index is 1.38. The molecule has 10 heteroatoms. The van der Waals surface area contributed by atoms with Crippen LogP contribution in [0, 0.1) is 5.92 Å².